The van der Waals surface area contributed by atoms with Crippen molar-refractivity contribution in [1.29, 1.82) is 0 Å². The van der Waals surface area contributed by atoms with Crippen molar-refractivity contribution in [2.45, 2.75) is 32.7 Å². The van der Waals surface area contributed by atoms with E-state index in [4.69, 9.17) is 5.73 Å². The Morgan fingerprint density at radius 3 is 2.85 bits per heavy atom. The minimum Gasteiger partial charge on any atom is -0.397 e. The Morgan fingerprint density at radius 1 is 1.40 bits per heavy atom. The molecule has 1 aromatic carbocycles. The quantitative estimate of drug-likeness (QED) is 0.821. The summed E-state index contributed by atoms with van der Waals surface area (Å²) < 4.78 is 1.62. The van der Waals surface area contributed by atoms with E-state index in [-0.39, 0.29) is 11.9 Å². The number of benzene rings is 1. The number of carbonyl (C=O) groups is 1. The zero-order valence-corrected chi connectivity index (χ0v) is 11.8. The molecule has 0 aliphatic rings. The van der Waals surface area contributed by atoms with Crippen LogP contribution in [0.5, 0.6) is 0 Å². The maximum absolute atomic E-state index is 12.0. The molecule has 0 aliphatic heterocycles. The highest BCUT2D eigenvalue weighted by molar-refractivity contribution is 5.92. The number of aromatic nitrogens is 2. The van der Waals surface area contributed by atoms with Crippen LogP contribution in [0.3, 0.4) is 0 Å². The molecule has 20 heavy (non-hydrogen) atoms. The van der Waals surface area contributed by atoms with Crippen LogP contribution in [0, 0.1) is 0 Å². The summed E-state index contributed by atoms with van der Waals surface area (Å²) in [7, 11) is 0. The molecule has 0 fully saturated rings. The average Bonchev–Trinajstić information content (AvgIpc) is 2.89. The van der Waals surface area contributed by atoms with E-state index in [0.717, 1.165) is 18.5 Å². The molecule has 106 valence electrons. The highest BCUT2D eigenvalue weighted by Crippen LogP contribution is 2.15. The molecule has 0 saturated heterocycles. The monoisotopic (exact) mass is 272 g/mol. The van der Waals surface area contributed by atoms with E-state index in [1.165, 1.54) is 0 Å². The third-order valence-corrected chi connectivity index (χ3v) is 3.10. The van der Waals surface area contributed by atoms with E-state index in [1.807, 2.05) is 25.1 Å². The highest BCUT2D eigenvalue weighted by atomic mass is 16.2. The number of hydrogen-bond acceptors (Lipinski definition) is 3. The third-order valence-electron chi connectivity index (χ3n) is 3.10. The molecule has 2 rings (SSSR count). The first kappa shape index (κ1) is 14.1. The summed E-state index contributed by atoms with van der Waals surface area (Å²) in [4.78, 5) is 12.0. The van der Waals surface area contributed by atoms with Gasteiger partial charge in [0.15, 0.2) is 5.69 Å². The molecule has 0 bridgehead atoms. The van der Waals surface area contributed by atoms with Gasteiger partial charge in [-0.1, -0.05) is 25.5 Å². The molecule has 1 amide bonds. The number of para-hydroxylation sites is 2. The van der Waals surface area contributed by atoms with Crippen LogP contribution in [-0.4, -0.2) is 21.7 Å². The van der Waals surface area contributed by atoms with Gasteiger partial charge in [-0.25, -0.2) is 4.68 Å². The van der Waals surface area contributed by atoms with Gasteiger partial charge in [-0.3, -0.25) is 4.79 Å². The number of nitrogens with two attached hydrogens (primary N) is 1. The number of carbonyl (C=O) groups excluding carboxylic acids is 1. The van der Waals surface area contributed by atoms with Crippen molar-refractivity contribution in [1.82, 2.24) is 15.1 Å². The first-order valence-electron chi connectivity index (χ1n) is 6.83. The van der Waals surface area contributed by atoms with Gasteiger partial charge >= 0.3 is 0 Å². The summed E-state index contributed by atoms with van der Waals surface area (Å²) in [6.07, 6.45) is 3.74. The molecular formula is C15H20N4O. The summed E-state index contributed by atoms with van der Waals surface area (Å²) in [6, 6.07) is 9.27. The molecule has 1 unspecified atom stereocenters. The largest absolute Gasteiger partial charge is 0.397 e. The molecule has 1 atom stereocenters. The number of nitrogens with zero attached hydrogens (tertiary/aromatic N) is 2. The van der Waals surface area contributed by atoms with Crippen LogP contribution in [0.4, 0.5) is 5.69 Å². The molecule has 2 aromatic rings. The molecule has 0 aliphatic carbocycles. The number of anilines is 1. The molecule has 0 saturated carbocycles. The van der Waals surface area contributed by atoms with Crippen LogP contribution >= 0.6 is 0 Å². The Bertz CT molecular complexity index is 591. The molecule has 5 nitrogen and oxygen atoms in total. The molecule has 1 heterocycles. The Balaban J connectivity index is 2.13. The van der Waals surface area contributed by atoms with Crippen molar-refractivity contribution in [2.75, 3.05) is 5.73 Å². The fourth-order valence-electron chi connectivity index (χ4n) is 2.08. The summed E-state index contributed by atoms with van der Waals surface area (Å²) in [5.74, 6) is -0.154. The third kappa shape index (κ3) is 3.17. The minimum absolute atomic E-state index is 0.152. The van der Waals surface area contributed by atoms with E-state index in [1.54, 1.807) is 23.0 Å². The van der Waals surface area contributed by atoms with Crippen molar-refractivity contribution in [3.63, 3.8) is 0 Å². The van der Waals surface area contributed by atoms with Gasteiger partial charge in [-0.15, -0.1) is 0 Å². The highest BCUT2D eigenvalue weighted by Gasteiger charge is 2.13. The van der Waals surface area contributed by atoms with Crippen molar-refractivity contribution in [2.24, 2.45) is 0 Å². The second-order valence-corrected chi connectivity index (χ2v) is 4.87. The predicted molar refractivity (Wildman–Crippen MR) is 79.8 cm³/mol. The maximum Gasteiger partial charge on any atom is 0.271 e. The van der Waals surface area contributed by atoms with Gasteiger partial charge in [0.05, 0.1) is 11.4 Å². The first-order chi connectivity index (χ1) is 9.61. The van der Waals surface area contributed by atoms with E-state index in [2.05, 4.69) is 17.3 Å². The van der Waals surface area contributed by atoms with Crippen LogP contribution in [0.15, 0.2) is 36.5 Å². The Morgan fingerprint density at radius 2 is 2.15 bits per heavy atom. The van der Waals surface area contributed by atoms with Crippen molar-refractivity contribution >= 4 is 11.6 Å². The Labute approximate surface area is 118 Å². The summed E-state index contributed by atoms with van der Waals surface area (Å²) in [5, 5.41) is 7.21. The lowest BCUT2D eigenvalue weighted by atomic mass is 10.2. The summed E-state index contributed by atoms with van der Waals surface area (Å²) in [6.45, 7) is 4.09. The summed E-state index contributed by atoms with van der Waals surface area (Å²) >= 11 is 0. The number of amides is 1. The van der Waals surface area contributed by atoms with E-state index in [0.29, 0.717) is 11.4 Å². The van der Waals surface area contributed by atoms with Gasteiger partial charge in [0.1, 0.15) is 0 Å². The van der Waals surface area contributed by atoms with Crippen LogP contribution in [0.25, 0.3) is 5.69 Å². The maximum atomic E-state index is 12.0. The lowest BCUT2D eigenvalue weighted by Gasteiger charge is -2.11. The van der Waals surface area contributed by atoms with Crippen LogP contribution in [0.1, 0.15) is 37.2 Å². The fourth-order valence-corrected chi connectivity index (χ4v) is 2.08. The Hall–Kier alpha value is -2.30. The van der Waals surface area contributed by atoms with E-state index >= 15 is 0 Å². The van der Waals surface area contributed by atoms with Crippen LogP contribution < -0.4 is 11.1 Å². The lowest BCUT2D eigenvalue weighted by Crippen LogP contribution is -2.32. The number of nitrogen functional groups attached to an aromatic ring is 1. The Kier molecular flexibility index (Phi) is 4.40. The zero-order valence-electron chi connectivity index (χ0n) is 11.8. The van der Waals surface area contributed by atoms with Gasteiger partial charge in [0.2, 0.25) is 0 Å². The van der Waals surface area contributed by atoms with Crippen LogP contribution in [-0.2, 0) is 0 Å². The van der Waals surface area contributed by atoms with Gasteiger partial charge < -0.3 is 11.1 Å². The minimum atomic E-state index is -0.154. The van der Waals surface area contributed by atoms with Gasteiger partial charge in [0, 0.05) is 12.2 Å². The van der Waals surface area contributed by atoms with Gasteiger partial charge in [-0.05, 0) is 31.5 Å². The van der Waals surface area contributed by atoms with Crippen molar-refractivity contribution in [3.8, 4) is 5.69 Å². The number of hydrogen-bond donors (Lipinski definition) is 2. The van der Waals surface area contributed by atoms with Crippen molar-refractivity contribution < 1.29 is 4.79 Å². The SMILES string of the molecule is CCCC(C)NC(=O)c1ccn(-c2ccccc2N)n1. The zero-order chi connectivity index (χ0) is 14.5. The summed E-state index contributed by atoms with van der Waals surface area (Å²) in [5.41, 5.74) is 7.69. The molecular weight excluding hydrogens is 252 g/mol. The molecule has 5 heteroatoms. The van der Waals surface area contributed by atoms with Gasteiger partial charge in [0.25, 0.3) is 5.91 Å². The number of rotatable bonds is 5. The van der Waals surface area contributed by atoms with Gasteiger partial charge in [-0.2, -0.15) is 5.10 Å². The van der Waals surface area contributed by atoms with E-state index < -0.39 is 0 Å². The fraction of sp³-hybridized carbons (Fsp3) is 0.333. The molecule has 1 aromatic heterocycles. The molecule has 3 N–H and O–H groups in total. The predicted octanol–water partition coefficient (Wildman–Crippen LogP) is 2.37. The standard InChI is InChI=1S/C15H20N4O/c1-3-6-11(2)17-15(20)13-9-10-19(18-13)14-8-5-4-7-12(14)16/h4-5,7-11H,3,6,16H2,1-2H3,(H,17,20). The van der Waals surface area contributed by atoms with Crippen molar-refractivity contribution in [3.05, 3.63) is 42.2 Å². The van der Waals surface area contributed by atoms with Crippen LogP contribution in [0.2, 0.25) is 0 Å². The van der Waals surface area contributed by atoms with E-state index in [9.17, 15) is 4.79 Å². The average molecular weight is 272 g/mol. The topological polar surface area (TPSA) is 72.9 Å². The molecule has 0 radical (unpaired) electrons. The smallest absolute Gasteiger partial charge is 0.271 e. The lowest BCUT2D eigenvalue weighted by molar-refractivity contribution is 0.0933. The number of nitrogens with one attached hydrogen (secondary N) is 1. The molecule has 0 spiro atoms. The normalized spacial score (nSPS) is 12.1. The second kappa shape index (κ2) is 6.23. The second-order valence-electron chi connectivity index (χ2n) is 4.87. The first-order valence-corrected chi connectivity index (χ1v) is 6.83.